The van der Waals surface area contributed by atoms with Gasteiger partial charge in [0.2, 0.25) is 0 Å². The molecule has 1 saturated heterocycles. The van der Waals surface area contributed by atoms with Gasteiger partial charge < -0.3 is 14.8 Å². The van der Waals surface area contributed by atoms with Crippen molar-refractivity contribution in [2.75, 3.05) is 23.4 Å². The molecule has 0 spiro atoms. The molecule has 0 saturated carbocycles. The zero-order chi connectivity index (χ0) is 27.2. The van der Waals surface area contributed by atoms with Crippen LogP contribution in [0.25, 0.3) is 6.08 Å². The molecule has 0 unspecified atom stereocenters. The van der Waals surface area contributed by atoms with E-state index in [0.717, 1.165) is 10.5 Å². The van der Waals surface area contributed by atoms with Crippen LogP contribution in [0.2, 0.25) is 0 Å². The molecule has 194 valence electrons. The van der Waals surface area contributed by atoms with Crippen molar-refractivity contribution in [2.45, 2.75) is 13.8 Å². The van der Waals surface area contributed by atoms with E-state index >= 15 is 0 Å². The number of hydrogen-bond donors (Lipinski definition) is 2. The van der Waals surface area contributed by atoms with E-state index < -0.39 is 17.8 Å². The number of carbonyl (C=O) groups is 4. The number of anilines is 2. The molecule has 5 amide bonds. The summed E-state index contributed by atoms with van der Waals surface area (Å²) in [6, 6.07) is 18.2. The van der Waals surface area contributed by atoms with Crippen molar-refractivity contribution in [2.24, 2.45) is 0 Å². The maximum atomic E-state index is 13.2. The normalized spacial score (nSPS) is 14.3. The molecule has 10 heteroatoms. The first-order valence-electron chi connectivity index (χ1n) is 11.7. The Balaban J connectivity index is 1.59. The minimum atomic E-state index is -0.825. The number of nitrogens with one attached hydrogen (secondary N) is 2. The number of carbonyl (C=O) groups excluding carboxylic acids is 4. The van der Waals surface area contributed by atoms with Crippen LogP contribution in [0.4, 0.5) is 16.2 Å². The molecule has 38 heavy (non-hydrogen) atoms. The number of barbiturate groups is 1. The second kappa shape index (κ2) is 11.7. The van der Waals surface area contributed by atoms with Gasteiger partial charge in [0, 0.05) is 10.2 Å². The monoisotopic (exact) mass is 577 g/mol. The molecule has 0 atom stereocenters. The molecule has 0 radical (unpaired) electrons. The molecule has 0 bridgehead atoms. The van der Waals surface area contributed by atoms with Crippen molar-refractivity contribution in [1.82, 2.24) is 5.32 Å². The van der Waals surface area contributed by atoms with Crippen molar-refractivity contribution in [3.63, 3.8) is 0 Å². The number of hydrogen-bond acceptors (Lipinski definition) is 6. The average Bonchev–Trinajstić information content (AvgIpc) is 2.88. The Morgan fingerprint density at radius 3 is 2.45 bits per heavy atom. The highest BCUT2D eigenvalue weighted by atomic mass is 79.9. The Morgan fingerprint density at radius 2 is 1.74 bits per heavy atom. The topological polar surface area (TPSA) is 114 Å². The van der Waals surface area contributed by atoms with Crippen molar-refractivity contribution in [1.29, 1.82) is 0 Å². The van der Waals surface area contributed by atoms with Crippen molar-refractivity contribution >= 4 is 57.1 Å². The summed E-state index contributed by atoms with van der Waals surface area (Å²) in [4.78, 5) is 51.6. The van der Waals surface area contributed by atoms with Gasteiger partial charge in [-0.1, -0.05) is 46.3 Å². The predicted molar refractivity (Wildman–Crippen MR) is 146 cm³/mol. The number of para-hydroxylation sites is 1. The number of halogens is 1. The lowest BCUT2D eigenvalue weighted by molar-refractivity contribution is -0.122. The molecule has 3 aromatic carbocycles. The number of urea groups is 1. The number of nitrogens with zero attached hydrogens (tertiary/aromatic N) is 1. The van der Waals surface area contributed by atoms with E-state index in [1.807, 2.05) is 19.1 Å². The van der Waals surface area contributed by atoms with Crippen LogP contribution < -0.4 is 25.0 Å². The largest absolute Gasteiger partial charge is 0.490 e. The Kier molecular flexibility index (Phi) is 8.22. The molecule has 3 aromatic rings. The van der Waals surface area contributed by atoms with Crippen molar-refractivity contribution < 1.29 is 28.7 Å². The third kappa shape index (κ3) is 6.09. The Labute approximate surface area is 227 Å². The van der Waals surface area contributed by atoms with Gasteiger partial charge >= 0.3 is 6.03 Å². The summed E-state index contributed by atoms with van der Waals surface area (Å²) < 4.78 is 11.9. The number of amides is 5. The minimum absolute atomic E-state index is 0.231. The summed E-state index contributed by atoms with van der Waals surface area (Å²) in [7, 11) is 0. The maximum Gasteiger partial charge on any atom is 0.335 e. The third-order valence-corrected chi connectivity index (χ3v) is 6.13. The molecule has 9 nitrogen and oxygen atoms in total. The molecular weight excluding hydrogens is 554 g/mol. The van der Waals surface area contributed by atoms with E-state index in [1.165, 1.54) is 6.08 Å². The predicted octanol–water partition coefficient (Wildman–Crippen LogP) is 4.84. The second-order valence-electron chi connectivity index (χ2n) is 8.25. The van der Waals surface area contributed by atoms with E-state index in [0.29, 0.717) is 39.5 Å². The molecule has 0 aliphatic carbocycles. The second-order valence-corrected chi connectivity index (χ2v) is 9.11. The number of aryl methyl sites for hydroxylation is 1. The molecular formula is C28H24BrN3O6. The van der Waals surface area contributed by atoms with Crippen LogP contribution in [0.15, 0.2) is 76.8 Å². The Morgan fingerprint density at radius 1 is 1.00 bits per heavy atom. The van der Waals surface area contributed by atoms with Crippen LogP contribution >= 0.6 is 15.9 Å². The zero-order valence-corrected chi connectivity index (χ0v) is 22.2. The summed E-state index contributed by atoms with van der Waals surface area (Å²) in [6.45, 7) is 3.66. The van der Waals surface area contributed by atoms with Gasteiger partial charge in [-0.25, -0.2) is 9.69 Å². The van der Waals surface area contributed by atoms with Crippen LogP contribution in [-0.2, 0) is 14.4 Å². The van der Waals surface area contributed by atoms with Crippen molar-refractivity contribution in [3.05, 3.63) is 87.9 Å². The summed E-state index contributed by atoms with van der Waals surface area (Å²) in [5.74, 6) is -1.32. The van der Waals surface area contributed by atoms with Gasteiger partial charge in [-0.05, 0) is 67.4 Å². The van der Waals surface area contributed by atoms with Gasteiger partial charge in [0.05, 0.1) is 12.3 Å². The Bertz CT molecular complexity index is 1440. The number of benzene rings is 3. The van der Waals surface area contributed by atoms with Gasteiger partial charge in [0.15, 0.2) is 18.1 Å². The summed E-state index contributed by atoms with van der Waals surface area (Å²) in [6.07, 6.45) is 1.37. The van der Waals surface area contributed by atoms with Crippen LogP contribution in [-0.4, -0.2) is 37.0 Å². The molecule has 1 fully saturated rings. The molecule has 1 heterocycles. The molecule has 1 aliphatic rings. The third-order valence-electron chi connectivity index (χ3n) is 5.44. The minimum Gasteiger partial charge on any atom is -0.490 e. The quantitative estimate of drug-likeness (QED) is 0.292. The van der Waals surface area contributed by atoms with Crippen LogP contribution in [0, 0.1) is 6.92 Å². The molecule has 1 aliphatic heterocycles. The highest BCUT2D eigenvalue weighted by Gasteiger charge is 2.37. The van der Waals surface area contributed by atoms with Gasteiger partial charge in [-0.3, -0.25) is 19.7 Å². The van der Waals surface area contributed by atoms with Gasteiger partial charge in [0.1, 0.15) is 5.57 Å². The van der Waals surface area contributed by atoms with Crippen LogP contribution in [0.3, 0.4) is 0 Å². The zero-order valence-electron chi connectivity index (χ0n) is 20.6. The number of ether oxygens (including phenoxy) is 2. The first-order valence-corrected chi connectivity index (χ1v) is 12.5. The van der Waals surface area contributed by atoms with Crippen molar-refractivity contribution in [3.8, 4) is 11.5 Å². The first kappa shape index (κ1) is 26.6. The molecule has 0 aromatic heterocycles. The van der Waals surface area contributed by atoms with E-state index in [1.54, 1.807) is 61.5 Å². The fourth-order valence-corrected chi connectivity index (χ4v) is 4.16. The first-order chi connectivity index (χ1) is 18.3. The fraction of sp³-hybridized carbons (Fsp3) is 0.143. The van der Waals surface area contributed by atoms with E-state index in [9.17, 15) is 19.2 Å². The lowest BCUT2D eigenvalue weighted by atomic mass is 10.1. The summed E-state index contributed by atoms with van der Waals surface area (Å²) >= 11 is 3.44. The Hall–Kier alpha value is -4.44. The standard InChI is InChI=1S/C28H24BrN3O6/c1-3-37-23-14-18(22(29)15-24(23)38-16-25(33)30-19-9-5-4-6-10-19)13-21-26(34)31-28(36)32(27(21)35)20-11-7-8-17(2)12-20/h4-15H,3,16H2,1-2H3,(H,30,33)(H,31,34,36)/b21-13-. The lowest BCUT2D eigenvalue weighted by Gasteiger charge is -2.26. The maximum absolute atomic E-state index is 13.2. The molecule has 2 N–H and O–H groups in total. The highest BCUT2D eigenvalue weighted by molar-refractivity contribution is 9.10. The van der Waals surface area contributed by atoms with E-state index in [4.69, 9.17) is 9.47 Å². The summed E-state index contributed by atoms with van der Waals surface area (Å²) in [5, 5.41) is 4.95. The fourth-order valence-electron chi connectivity index (χ4n) is 3.72. The van der Waals surface area contributed by atoms with E-state index in [2.05, 4.69) is 26.6 Å². The lowest BCUT2D eigenvalue weighted by Crippen LogP contribution is -2.54. The number of imide groups is 2. The van der Waals surface area contributed by atoms with Gasteiger partial charge in [0.25, 0.3) is 17.7 Å². The summed E-state index contributed by atoms with van der Waals surface area (Å²) in [5.41, 5.74) is 2.04. The van der Waals surface area contributed by atoms with Gasteiger partial charge in [-0.2, -0.15) is 0 Å². The highest BCUT2D eigenvalue weighted by Crippen LogP contribution is 2.35. The SMILES string of the molecule is CCOc1cc(/C=C2/C(=O)NC(=O)N(c3cccc(C)c3)C2=O)c(Br)cc1OCC(=O)Nc1ccccc1. The van der Waals surface area contributed by atoms with Gasteiger partial charge in [-0.15, -0.1) is 0 Å². The average molecular weight is 578 g/mol. The van der Waals surface area contributed by atoms with E-state index in [-0.39, 0.29) is 18.1 Å². The number of rotatable bonds is 8. The van der Waals surface area contributed by atoms with Crippen LogP contribution in [0.5, 0.6) is 11.5 Å². The molecule has 4 rings (SSSR count). The van der Waals surface area contributed by atoms with Crippen LogP contribution in [0.1, 0.15) is 18.1 Å². The smallest absolute Gasteiger partial charge is 0.335 e.